The quantitative estimate of drug-likeness (QED) is 0.873. The molecular weight excluding hydrogens is 326 g/mol. The van der Waals surface area contributed by atoms with Gasteiger partial charge in [-0.15, -0.1) is 11.3 Å². The molecule has 1 aromatic carbocycles. The van der Waals surface area contributed by atoms with Gasteiger partial charge in [0.25, 0.3) is 5.91 Å². The van der Waals surface area contributed by atoms with E-state index >= 15 is 0 Å². The van der Waals surface area contributed by atoms with Gasteiger partial charge >= 0.3 is 0 Å². The number of nitrogens with zero attached hydrogens (tertiary/aromatic N) is 1. The average Bonchev–Trinajstić information content (AvgIpc) is 3.20. The van der Waals surface area contributed by atoms with Crippen molar-refractivity contribution in [3.8, 4) is 5.75 Å². The lowest BCUT2D eigenvalue weighted by atomic mass is 10.0. The summed E-state index contributed by atoms with van der Waals surface area (Å²) in [4.78, 5) is 15.3. The van der Waals surface area contributed by atoms with E-state index in [1.165, 1.54) is 11.3 Å². The molecule has 0 saturated heterocycles. The molecule has 126 valence electrons. The largest absolute Gasteiger partial charge is 0.509 e. The van der Waals surface area contributed by atoms with Crippen LogP contribution in [0.3, 0.4) is 0 Å². The summed E-state index contributed by atoms with van der Waals surface area (Å²) in [5.41, 5.74) is 1.21. The van der Waals surface area contributed by atoms with Gasteiger partial charge < -0.3 is 19.5 Å². The number of benzene rings is 1. The van der Waals surface area contributed by atoms with E-state index in [2.05, 4.69) is 0 Å². The van der Waals surface area contributed by atoms with Crippen LogP contribution in [0.15, 0.2) is 47.5 Å². The smallest absolute Gasteiger partial charge is 0.259 e. The number of hydrogen-bond donors (Lipinski definition) is 1. The maximum Gasteiger partial charge on any atom is 0.259 e. The van der Waals surface area contributed by atoms with E-state index in [1.807, 2.05) is 41.8 Å². The SMILES string of the molecule is COCCN1C(=O)C(c2cccs2)=C(O)C1c1ccc(OC)cc1. The van der Waals surface area contributed by atoms with Crippen molar-refractivity contribution in [2.45, 2.75) is 6.04 Å². The van der Waals surface area contributed by atoms with Crippen molar-refractivity contribution in [2.24, 2.45) is 0 Å². The molecule has 0 fully saturated rings. The number of carbonyl (C=O) groups is 1. The van der Waals surface area contributed by atoms with E-state index < -0.39 is 6.04 Å². The number of methoxy groups -OCH3 is 2. The number of carbonyl (C=O) groups excluding carboxylic acids is 1. The van der Waals surface area contributed by atoms with E-state index in [0.29, 0.717) is 18.7 Å². The summed E-state index contributed by atoms with van der Waals surface area (Å²) in [5.74, 6) is 0.644. The molecular formula is C18H19NO4S. The Morgan fingerprint density at radius 3 is 2.54 bits per heavy atom. The molecule has 5 nitrogen and oxygen atoms in total. The summed E-state index contributed by atoms with van der Waals surface area (Å²) in [7, 11) is 3.20. The number of amides is 1. The summed E-state index contributed by atoms with van der Waals surface area (Å²) in [6.45, 7) is 0.814. The Morgan fingerprint density at radius 2 is 1.96 bits per heavy atom. The lowest BCUT2D eigenvalue weighted by Gasteiger charge is -2.25. The molecule has 0 aliphatic carbocycles. The minimum absolute atomic E-state index is 0.0868. The molecule has 2 aromatic rings. The fourth-order valence-electron chi connectivity index (χ4n) is 2.85. The van der Waals surface area contributed by atoms with Crippen molar-refractivity contribution < 1.29 is 19.4 Å². The minimum atomic E-state index is -0.504. The number of rotatable bonds is 6. The molecule has 3 rings (SSSR count). The van der Waals surface area contributed by atoms with Gasteiger partial charge in [-0.3, -0.25) is 4.79 Å². The van der Waals surface area contributed by atoms with Crippen LogP contribution in [0.4, 0.5) is 0 Å². The summed E-state index contributed by atoms with van der Waals surface area (Å²) < 4.78 is 10.3. The first-order chi connectivity index (χ1) is 11.7. The van der Waals surface area contributed by atoms with E-state index in [-0.39, 0.29) is 11.7 Å². The van der Waals surface area contributed by atoms with Crippen molar-refractivity contribution in [1.29, 1.82) is 0 Å². The molecule has 1 aliphatic heterocycles. The second-order valence-corrected chi connectivity index (χ2v) is 6.35. The number of thiophene rings is 1. The highest BCUT2D eigenvalue weighted by Crippen LogP contribution is 2.41. The van der Waals surface area contributed by atoms with Gasteiger partial charge in [0.15, 0.2) is 0 Å². The Balaban J connectivity index is 2.02. The van der Waals surface area contributed by atoms with E-state index in [4.69, 9.17) is 9.47 Å². The predicted molar refractivity (Wildman–Crippen MR) is 93.2 cm³/mol. The summed E-state index contributed by atoms with van der Waals surface area (Å²) in [6.07, 6.45) is 0. The highest BCUT2D eigenvalue weighted by atomic mass is 32.1. The Bertz CT molecular complexity index is 737. The predicted octanol–water partition coefficient (Wildman–Crippen LogP) is 3.26. The number of aliphatic hydroxyl groups excluding tert-OH is 1. The van der Waals surface area contributed by atoms with Gasteiger partial charge in [0.2, 0.25) is 0 Å². The fraction of sp³-hybridized carbons (Fsp3) is 0.278. The Labute approximate surface area is 144 Å². The molecule has 0 spiro atoms. The molecule has 1 aromatic heterocycles. The van der Waals surface area contributed by atoms with Gasteiger partial charge in [-0.05, 0) is 29.1 Å². The third-order valence-electron chi connectivity index (χ3n) is 4.04. The van der Waals surface area contributed by atoms with E-state index in [1.54, 1.807) is 19.1 Å². The monoisotopic (exact) mass is 345 g/mol. The number of aliphatic hydroxyl groups is 1. The number of ether oxygens (including phenoxy) is 2. The molecule has 1 amide bonds. The van der Waals surface area contributed by atoms with Crippen LogP contribution in [0.2, 0.25) is 0 Å². The molecule has 6 heteroatoms. The van der Waals surface area contributed by atoms with E-state index in [9.17, 15) is 9.90 Å². The van der Waals surface area contributed by atoms with Crippen LogP contribution in [0, 0.1) is 0 Å². The standard InChI is InChI=1S/C18H19NO4S/c1-22-10-9-19-16(12-5-7-13(23-2)8-6-12)17(20)15(18(19)21)14-4-3-11-24-14/h3-8,11,16,20H,9-10H2,1-2H3. The zero-order valence-electron chi connectivity index (χ0n) is 13.6. The summed E-state index contributed by atoms with van der Waals surface area (Å²) >= 11 is 1.44. The molecule has 1 N–H and O–H groups in total. The zero-order valence-corrected chi connectivity index (χ0v) is 14.4. The molecule has 1 atom stereocenters. The summed E-state index contributed by atoms with van der Waals surface area (Å²) in [6, 6.07) is 10.6. The van der Waals surface area contributed by atoms with Crippen LogP contribution in [-0.4, -0.2) is 43.3 Å². The molecule has 0 saturated carbocycles. The lowest BCUT2D eigenvalue weighted by Crippen LogP contribution is -2.33. The fourth-order valence-corrected chi connectivity index (χ4v) is 3.62. The van der Waals surface area contributed by atoms with Crippen molar-refractivity contribution in [1.82, 2.24) is 4.90 Å². The molecule has 1 unspecified atom stereocenters. The van der Waals surface area contributed by atoms with Gasteiger partial charge in [0, 0.05) is 18.5 Å². The lowest BCUT2D eigenvalue weighted by molar-refractivity contribution is -0.126. The van der Waals surface area contributed by atoms with Gasteiger partial charge in [-0.2, -0.15) is 0 Å². The first-order valence-corrected chi connectivity index (χ1v) is 8.46. The highest BCUT2D eigenvalue weighted by Gasteiger charge is 2.41. The Kier molecular flexibility index (Phi) is 4.87. The van der Waals surface area contributed by atoms with Crippen molar-refractivity contribution in [3.63, 3.8) is 0 Å². The second kappa shape index (κ2) is 7.07. The van der Waals surface area contributed by atoms with Crippen LogP contribution in [-0.2, 0) is 9.53 Å². The average molecular weight is 345 g/mol. The Hall–Kier alpha value is -2.31. The normalized spacial score (nSPS) is 17.7. The first kappa shape index (κ1) is 16.5. The number of hydrogen-bond acceptors (Lipinski definition) is 5. The van der Waals surface area contributed by atoms with Gasteiger partial charge in [0.1, 0.15) is 17.6 Å². The van der Waals surface area contributed by atoms with Crippen LogP contribution in [0.5, 0.6) is 5.75 Å². The van der Waals surface area contributed by atoms with Crippen molar-refractivity contribution >= 4 is 22.8 Å². The summed E-state index contributed by atoms with van der Waals surface area (Å²) in [5, 5.41) is 12.7. The molecule has 24 heavy (non-hydrogen) atoms. The molecule has 0 bridgehead atoms. The van der Waals surface area contributed by atoms with Crippen molar-refractivity contribution in [3.05, 3.63) is 58.0 Å². The van der Waals surface area contributed by atoms with Gasteiger partial charge in [-0.1, -0.05) is 18.2 Å². The maximum atomic E-state index is 12.9. The third kappa shape index (κ3) is 2.90. The second-order valence-electron chi connectivity index (χ2n) is 5.40. The van der Waals surface area contributed by atoms with Crippen LogP contribution in [0.25, 0.3) is 5.57 Å². The minimum Gasteiger partial charge on any atom is -0.509 e. The molecule has 2 heterocycles. The van der Waals surface area contributed by atoms with Crippen LogP contribution in [0.1, 0.15) is 16.5 Å². The topological polar surface area (TPSA) is 59.0 Å². The highest BCUT2D eigenvalue weighted by molar-refractivity contribution is 7.11. The van der Waals surface area contributed by atoms with Gasteiger partial charge in [-0.25, -0.2) is 0 Å². The Morgan fingerprint density at radius 1 is 1.21 bits per heavy atom. The van der Waals surface area contributed by atoms with Crippen LogP contribution >= 0.6 is 11.3 Å². The van der Waals surface area contributed by atoms with Crippen molar-refractivity contribution in [2.75, 3.05) is 27.4 Å². The third-order valence-corrected chi connectivity index (χ3v) is 4.92. The molecule has 0 radical (unpaired) electrons. The maximum absolute atomic E-state index is 12.9. The molecule has 1 aliphatic rings. The first-order valence-electron chi connectivity index (χ1n) is 7.58. The van der Waals surface area contributed by atoms with E-state index in [0.717, 1.165) is 16.2 Å². The van der Waals surface area contributed by atoms with Gasteiger partial charge in [0.05, 0.1) is 19.3 Å². The van der Waals surface area contributed by atoms with Crippen LogP contribution < -0.4 is 4.74 Å². The zero-order chi connectivity index (χ0) is 17.1.